The number of aromatic nitrogens is 1. The molecule has 2 rings (SSSR count). The number of carbonyl (C=O) groups excluding carboxylic acids is 1. The van der Waals surface area contributed by atoms with E-state index in [0.717, 1.165) is 17.7 Å². The molecule has 0 atom stereocenters. The van der Waals surface area contributed by atoms with Gasteiger partial charge in [-0.1, -0.05) is 32.9 Å². The molecule has 9 heteroatoms. The summed E-state index contributed by atoms with van der Waals surface area (Å²) >= 11 is 0. The Morgan fingerprint density at radius 3 is 2.48 bits per heavy atom. The second-order valence-electron chi connectivity index (χ2n) is 7.37. The Kier molecular flexibility index (Phi) is 9.93. The number of nitrogens with zero attached hydrogens (tertiary/aromatic N) is 2. The fourth-order valence-electron chi connectivity index (χ4n) is 2.35. The van der Waals surface area contributed by atoms with E-state index < -0.39 is 5.91 Å². The van der Waals surface area contributed by atoms with Crippen LogP contribution in [-0.2, 0) is 23.2 Å². The average molecular weight is 515 g/mol. The van der Waals surface area contributed by atoms with E-state index in [1.165, 1.54) is 0 Å². The normalized spacial score (nSPS) is 11.5. The highest BCUT2D eigenvalue weighted by molar-refractivity contribution is 14.0. The number of ether oxygens (including phenoxy) is 1. The van der Waals surface area contributed by atoms with Crippen molar-refractivity contribution in [2.24, 2.45) is 10.7 Å². The van der Waals surface area contributed by atoms with Gasteiger partial charge in [0.1, 0.15) is 11.5 Å². The first-order valence-corrected chi connectivity index (χ1v) is 9.17. The highest BCUT2D eigenvalue weighted by Crippen LogP contribution is 2.22. The molecule has 160 valence electrons. The van der Waals surface area contributed by atoms with Crippen molar-refractivity contribution in [3.8, 4) is 5.75 Å². The summed E-state index contributed by atoms with van der Waals surface area (Å²) in [5.41, 5.74) is 6.13. The zero-order valence-electron chi connectivity index (χ0n) is 17.3. The number of oxazole rings is 1. The zero-order valence-corrected chi connectivity index (χ0v) is 19.7. The van der Waals surface area contributed by atoms with Gasteiger partial charge in [0, 0.05) is 19.0 Å². The first kappa shape index (κ1) is 24.7. The molecule has 0 aliphatic rings. The minimum Gasteiger partial charge on any atom is -0.484 e. The third-order valence-electron chi connectivity index (χ3n) is 3.93. The zero-order chi connectivity index (χ0) is 20.6. The highest BCUT2D eigenvalue weighted by Gasteiger charge is 2.19. The van der Waals surface area contributed by atoms with E-state index in [1.807, 2.05) is 24.3 Å². The van der Waals surface area contributed by atoms with E-state index in [0.29, 0.717) is 30.7 Å². The first-order valence-electron chi connectivity index (χ1n) is 9.17. The molecule has 8 nitrogen and oxygen atoms in total. The molecule has 1 aromatic heterocycles. The molecular weight excluding hydrogens is 485 g/mol. The molecule has 0 fully saturated rings. The van der Waals surface area contributed by atoms with Gasteiger partial charge in [0.25, 0.3) is 5.91 Å². The summed E-state index contributed by atoms with van der Waals surface area (Å²) in [5.74, 6) is 2.28. The summed E-state index contributed by atoms with van der Waals surface area (Å²) in [6.45, 7) is 7.30. The van der Waals surface area contributed by atoms with E-state index in [1.54, 1.807) is 13.2 Å². The van der Waals surface area contributed by atoms with Crippen LogP contribution in [0.25, 0.3) is 0 Å². The van der Waals surface area contributed by atoms with Gasteiger partial charge < -0.3 is 25.5 Å². The fourth-order valence-corrected chi connectivity index (χ4v) is 2.35. The molecule has 1 amide bonds. The average Bonchev–Trinajstić information content (AvgIpc) is 3.13. The smallest absolute Gasteiger partial charge is 0.255 e. The van der Waals surface area contributed by atoms with Gasteiger partial charge in [-0.05, 0) is 24.1 Å². The molecule has 0 aliphatic heterocycles. The van der Waals surface area contributed by atoms with Crippen molar-refractivity contribution < 1.29 is 13.9 Å². The van der Waals surface area contributed by atoms with E-state index in [-0.39, 0.29) is 36.0 Å². The second-order valence-corrected chi connectivity index (χ2v) is 7.37. The summed E-state index contributed by atoms with van der Waals surface area (Å²) in [6.07, 6.45) is 2.58. The predicted octanol–water partition coefficient (Wildman–Crippen LogP) is 2.36. The van der Waals surface area contributed by atoms with Crippen LogP contribution in [0.15, 0.2) is 39.9 Å². The lowest BCUT2D eigenvalue weighted by atomic mass is 9.94. The molecule has 0 unspecified atom stereocenters. The number of carbonyl (C=O) groups is 1. The maximum Gasteiger partial charge on any atom is 0.255 e. The van der Waals surface area contributed by atoms with Crippen molar-refractivity contribution in [2.75, 3.05) is 20.2 Å². The van der Waals surface area contributed by atoms with Crippen molar-refractivity contribution >= 4 is 35.8 Å². The molecule has 0 bridgehead atoms. The van der Waals surface area contributed by atoms with Crippen LogP contribution in [-0.4, -0.2) is 37.1 Å². The number of nitrogens with one attached hydrogen (secondary N) is 2. The van der Waals surface area contributed by atoms with Crippen LogP contribution in [0, 0.1) is 0 Å². The van der Waals surface area contributed by atoms with Gasteiger partial charge in [-0.15, -0.1) is 24.0 Å². The number of halogens is 1. The van der Waals surface area contributed by atoms with E-state index in [2.05, 4.69) is 41.4 Å². The van der Waals surface area contributed by atoms with E-state index in [9.17, 15) is 4.79 Å². The molecule has 1 heterocycles. The van der Waals surface area contributed by atoms with Crippen LogP contribution in [0.2, 0.25) is 0 Å². The van der Waals surface area contributed by atoms with Crippen LogP contribution in [0.1, 0.15) is 38.0 Å². The molecule has 0 saturated carbocycles. The van der Waals surface area contributed by atoms with Crippen molar-refractivity contribution in [1.82, 2.24) is 15.6 Å². The molecular formula is C20H30IN5O3. The number of amides is 1. The van der Waals surface area contributed by atoms with Crippen LogP contribution >= 0.6 is 24.0 Å². The monoisotopic (exact) mass is 515 g/mol. The van der Waals surface area contributed by atoms with Gasteiger partial charge in [0.15, 0.2) is 12.6 Å². The van der Waals surface area contributed by atoms with Gasteiger partial charge in [0.05, 0.1) is 12.7 Å². The lowest BCUT2D eigenvalue weighted by Gasteiger charge is -2.13. The Labute approximate surface area is 188 Å². The van der Waals surface area contributed by atoms with Gasteiger partial charge in [0.2, 0.25) is 5.89 Å². The number of rotatable bonds is 8. The van der Waals surface area contributed by atoms with E-state index >= 15 is 0 Å². The van der Waals surface area contributed by atoms with Crippen molar-refractivity contribution in [1.29, 1.82) is 0 Å². The third-order valence-corrected chi connectivity index (χ3v) is 3.93. The van der Waals surface area contributed by atoms with Crippen LogP contribution < -0.4 is 21.1 Å². The standard InChI is InChI=1S/C20H29N5O3.HI/c1-20(2,3)16-11-24-18(28-16)12-25-19(22-4)23-10-9-14-5-7-15(8-6-14)27-13-17(21)26;/h5-8,11H,9-10,12-13H2,1-4H3,(H2,21,26)(H2,22,23,25);1H. The highest BCUT2D eigenvalue weighted by atomic mass is 127. The Balaban J connectivity index is 0.00000420. The number of aliphatic imine (C=N–C) groups is 1. The molecule has 4 N–H and O–H groups in total. The largest absolute Gasteiger partial charge is 0.484 e. The van der Waals surface area contributed by atoms with Crippen molar-refractivity contribution in [2.45, 2.75) is 39.2 Å². The second kappa shape index (κ2) is 11.6. The Morgan fingerprint density at radius 1 is 1.24 bits per heavy atom. The molecule has 2 aromatic rings. The summed E-state index contributed by atoms with van der Waals surface area (Å²) in [4.78, 5) is 19.2. The van der Waals surface area contributed by atoms with Gasteiger partial charge in [-0.25, -0.2) is 4.98 Å². The lowest BCUT2D eigenvalue weighted by molar-refractivity contribution is -0.119. The molecule has 0 saturated heterocycles. The minimum atomic E-state index is -0.494. The number of guanidine groups is 1. The Hall–Kier alpha value is -2.30. The van der Waals surface area contributed by atoms with Crippen LogP contribution in [0.4, 0.5) is 0 Å². The van der Waals surface area contributed by atoms with Crippen molar-refractivity contribution in [3.63, 3.8) is 0 Å². The number of primary amides is 1. The van der Waals surface area contributed by atoms with Gasteiger partial charge >= 0.3 is 0 Å². The summed E-state index contributed by atoms with van der Waals surface area (Å²) in [7, 11) is 1.72. The number of benzene rings is 1. The molecule has 0 spiro atoms. The fraction of sp³-hybridized carbons (Fsp3) is 0.450. The Bertz CT molecular complexity index is 797. The maximum atomic E-state index is 10.7. The van der Waals surface area contributed by atoms with E-state index in [4.69, 9.17) is 14.9 Å². The minimum absolute atomic E-state index is 0. The summed E-state index contributed by atoms with van der Waals surface area (Å²) in [6, 6.07) is 7.55. The third kappa shape index (κ3) is 8.71. The molecule has 0 aliphatic carbocycles. The van der Waals surface area contributed by atoms with Gasteiger partial charge in [-0.2, -0.15) is 0 Å². The predicted molar refractivity (Wildman–Crippen MR) is 124 cm³/mol. The topological polar surface area (TPSA) is 115 Å². The van der Waals surface area contributed by atoms with Crippen LogP contribution in [0.5, 0.6) is 5.75 Å². The molecule has 29 heavy (non-hydrogen) atoms. The SMILES string of the molecule is CN=C(NCCc1ccc(OCC(N)=O)cc1)NCc1ncc(C(C)(C)C)o1.I. The number of hydrogen-bond donors (Lipinski definition) is 3. The number of hydrogen-bond acceptors (Lipinski definition) is 5. The Morgan fingerprint density at radius 2 is 1.93 bits per heavy atom. The first-order chi connectivity index (χ1) is 13.3. The van der Waals surface area contributed by atoms with Gasteiger partial charge in [-0.3, -0.25) is 9.79 Å². The summed E-state index contributed by atoms with van der Waals surface area (Å²) < 4.78 is 11.0. The lowest BCUT2D eigenvalue weighted by Crippen LogP contribution is -2.37. The quantitative estimate of drug-likeness (QED) is 0.283. The molecule has 1 aromatic carbocycles. The maximum absolute atomic E-state index is 10.7. The summed E-state index contributed by atoms with van der Waals surface area (Å²) in [5, 5.41) is 6.45. The molecule has 0 radical (unpaired) electrons. The number of nitrogens with two attached hydrogens (primary N) is 1. The van der Waals surface area contributed by atoms with Crippen LogP contribution in [0.3, 0.4) is 0 Å². The van der Waals surface area contributed by atoms with Crippen molar-refractivity contribution in [3.05, 3.63) is 47.7 Å².